The number of oxime groups is 1. The van der Waals surface area contributed by atoms with E-state index in [1.165, 1.54) is 0 Å². The molecule has 2 aromatic rings. The number of hydrogen-bond donors (Lipinski definition) is 1. The summed E-state index contributed by atoms with van der Waals surface area (Å²) in [5.41, 5.74) is 1.06. The average Bonchev–Trinajstić information content (AvgIpc) is 2.42. The van der Waals surface area contributed by atoms with Gasteiger partial charge in [0.05, 0.1) is 0 Å². The molecule has 0 spiro atoms. The number of carbonyl (C=O) groups excluding carboxylic acids is 1. The molecule has 19 heavy (non-hydrogen) atoms. The second-order valence-electron chi connectivity index (χ2n) is 3.79. The van der Waals surface area contributed by atoms with E-state index in [1.807, 2.05) is 0 Å². The molecule has 0 unspecified atom stereocenters. The molecule has 0 radical (unpaired) electrons. The largest absolute Gasteiger partial charge is 0.410 e. The van der Waals surface area contributed by atoms with Crippen LogP contribution < -0.4 is 0 Å². The molecule has 96 valence electrons. The van der Waals surface area contributed by atoms with Gasteiger partial charge in [-0.25, -0.2) is 0 Å². The van der Waals surface area contributed by atoms with E-state index >= 15 is 0 Å². The fraction of sp³-hybridized carbons (Fsp3) is 0. The summed E-state index contributed by atoms with van der Waals surface area (Å²) >= 11 is 6.62. The Hall–Kier alpha value is -1.46. The molecule has 0 bridgehead atoms. The molecule has 0 aliphatic rings. The Morgan fingerprint density at radius 3 is 1.68 bits per heavy atom. The maximum Gasteiger partial charge on any atom is 0.215 e. The van der Waals surface area contributed by atoms with E-state index in [4.69, 9.17) is 5.21 Å². The maximum absolute atomic E-state index is 12.3. The fourth-order valence-electron chi connectivity index (χ4n) is 1.58. The quantitative estimate of drug-likeness (QED) is 0.373. The van der Waals surface area contributed by atoms with E-state index in [0.717, 1.165) is 8.95 Å². The molecule has 0 aliphatic carbocycles. The lowest BCUT2D eigenvalue weighted by Crippen LogP contribution is -2.15. The molecule has 2 aromatic carbocycles. The molecule has 0 atom stereocenters. The van der Waals surface area contributed by atoms with Gasteiger partial charge < -0.3 is 5.21 Å². The second kappa shape index (κ2) is 6.12. The maximum atomic E-state index is 12.3. The summed E-state index contributed by atoms with van der Waals surface area (Å²) < 4.78 is 1.78. The zero-order valence-electron chi connectivity index (χ0n) is 9.68. The molecule has 0 saturated carbocycles. The standard InChI is InChI=1S/C14H9Br2NO2/c15-11-5-1-9(2-6-11)13(17-19)14(18)10-3-7-12(16)8-4-10/h1-8,19H. The predicted molar refractivity (Wildman–Crippen MR) is 80.9 cm³/mol. The molecule has 0 fully saturated rings. The van der Waals surface area contributed by atoms with Gasteiger partial charge in [0.1, 0.15) is 0 Å². The van der Waals surface area contributed by atoms with Crippen LogP contribution in [0.3, 0.4) is 0 Å². The highest BCUT2D eigenvalue weighted by Gasteiger charge is 2.16. The first kappa shape index (κ1) is 14.0. The van der Waals surface area contributed by atoms with Crippen molar-refractivity contribution in [1.29, 1.82) is 0 Å². The monoisotopic (exact) mass is 381 g/mol. The van der Waals surface area contributed by atoms with Crippen molar-refractivity contribution in [3.8, 4) is 0 Å². The zero-order chi connectivity index (χ0) is 13.8. The summed E-state index contributed by atoms with van der Waals surface area (Å²) in [6, 6.07) is 13.9. The first-order valence-electron chi connectivity index (χ1n) is 5.40. The van der Waals surface area contributed by atoms with Gasteiger partial charge in [-0.2, -0.15) is 0 Å². The van der Waals surface area contributed by atoms with Crippen LogP contribution in [-0.4, -0.2) is 16.7 Å². The molecular formula is C14H9Br2NO2. The topological polar surface area (TPSA) is 49.7 Å². The number of halogens is 2. The lowest BCUT2D eigenvalue weighted by molar-refractivity contribution is 0.106. The Labute approximate surface area is 127 Å². The van der Waals surface area contributed by atoms with Crippen molar-refractivity contribution in [2.24, 2.45) is 5.16 Å². The van der Waals surface area contributed by atoms with E-state index in [0.29, 0.717) is 11.1 Å². The van der Waals surface area contributed by atoms with Crippen LogP contribution in [0, 0.1) is 0 Å². The molecule has 2 rings (SSSR count). The zero-order valence-corrected chi connectivity index (χ0v) is 12.8. The molecule has 3 nitrogen and oxygen atoms in total. The lowest BCUT2D eigenvalue weighted by Gasteiger charge is -2.04. The van der Waals surface area contributed by atoms with Crippen LogP contribution in [0.2, 0.25) is 0 Å². The summed E-state index contributed by atoms with van der Waals surface area (Å²) in [4.78, 5) is 12.3. The van der Waals surface area contributed by atoms with E-state index in [-0.39, 0.29) is 11.5 Å². The Morgan fingerprint density at radius 2 is 1.26 bits per heavy atom. The van der Waals surface area contributed by atoms with Gasteiger partial charge in [0.15, 0.2) is 5.71 Å². The van der Waals surface area contributed by atoms with Gasteiger partial charge in [0.2, 0.25) is 5.78 Å². The Balaban J connectivity index is 2.35. The Bertz CT molecular complexity index is 619. The molecule has 0 saturated heterocycles. The van der Waals surface area contributed by atoms with E-state index in [2.05, 4.69) is 37.0 Å². The van der Waals surface area contributed by atoms with Crippen LogP contribution in [0.4, 0.5) is 0 Å². The van der Waals surface area contributed by atoms with Crippen LogP contribution in [0.1, 0.15) is 15.9 Å². The van der Waals surface area contributed by atoms with Crippen molar-refractivity contribution in [2.75, 3.05) is 0 Å². The van der Waals surface area contributed by atoms with Gasteiger partial charge in [-0.15, -0.1) is 0 Å². The number of rotatable bonds is 3. The summed E-state index contributed by atoms with van der Waals surface area (Å²) in [6.07, 6.45) is 0. The summed E-state index contributed by atoms with van der Waals surface area (Å²) in [5, 5.41) is 12.2. The van der Waals surface area contributed by atoms with Crippen molar-refractivity contribution < 1.29 is 10.0 Å². The van der Waals surface area contributed by atoms with Gasteiger partial charge >= 0.3 is 0 Å². The molecule has 1 N–H and O–H groups in total. The summed E-state index contributed by atoms with van der Waals surface area (Å²) in [5.74, 6) is -0.322. The fourth-order valence-corrected chi connectivity index (χ4v) is 2.11. The Kier molecular flexibility index (Phi) is 4.50. The van der Waals surface area contributed by atoms with E-state index in [9.17, 15) is 4.79 Å². The van der Waals surface area contributed by atoms with Crippen LogP contribution >= 0.6 is 31.9 Å². The second-order valence-corrected chi connectivity index (χ2v) is 5.62. The highest BCUT2D eigenvalue weighted by atomic mass is 79.9. The molecule has 0 aromatic heterocycles. The van der Waals surface area contributed by atoms with Crippen molar-refractivity contribution in [3.63, 3.8) is 0 Å². The third kappa shape index (κ3) is 3.30. The van der Waals surface area contributed by atoms with E-state index in [1.54, 1.807) is 48.5 Å². The molecular weight excluding hydrogens is 374 g/mol. The lowest BCUT2D eigenvalue weighted by atomic mass is 10.0. The number of Topliss-reactive ketones (excluding diaryl/α,β-unsaturated/α-hetero) is 1. The smallest absolute Gasteiger partial charge is 0.215 e. The SMILES string of the molecule is O=C(C(=NO)c1ccc(Br)cc1)c1ccc(Br)cc1. The van der Waals surface area contributed by atoms with E-state index < -0.39 is 0 Å². The highest BCUT2D eigenvalue weighted by Crippen LogP contribution is 2.15. The van der Waals surface area contributed by atoms with Crippen molar-refractivity contribution in [1.82, 2.24) is 0 Å². The van der Waals surface area contributed by atoms with Gasteiger partial charge in [-0.3, -0.25) is 4.79 Å². The molecule has 0 amide bonds. The first-order chi connectivity index (χ1) is 9.11. The van der Waals surface area contributed by atoms with Gasteiger partial charge in [0.25, 0.3) is 0 Å². The number of ketones is 1. The number of hydrogen-bond acceptors (Lipinski definition) is 3. The molecule has 0 aliphatic heterocycles. The minimum absolute atomic E-state index is 0.0230. The summed E-state index contributed by atoms with van der Waals surface area (Å²) in [7, 11) is 0. The van der Waals surface area contributed by atoms with Gasteiger partial charge in [-0.05, 0) is 36.4 Å². The molecule has 5 heteroatoms. The van der Waals surface area contributed by atoms with Crippen LogP contribution in [0.25, 0.3) is 0 Å². The normalized spacial score (nSPS) is 11.4. The van der Waals surface area contributed by atoms with Gasteiger partial charge in [-0.1, -0.05) is 49.1 Å². The molecule has 0 heterocycles. The average molecular weight is 383 g/mol. The minimum atomic E-state index is -0.322. The van der Waals surface area contributed by atoms with Crippen LogP contribution in [0.15, 0.2) is 62.6 Å². The van der Waals surface area contributed by atoms with Crippen molar-refractivity contribution >= 4 is 43.4 Å². The predicted octanol–water partition coefficient (Wildman–Crippen LogP) is 4.27. The third-order valence-electron chi connectivity index (χ3n) is 2.54. The van der Waals surface area contributed by atoms with Gasteiger partial charge in [0, 0.05) is 20.1 Å². The van der Waals surface area contributed by atoms with Crippen molar-refractivity contribution in [2.45, 2.75) is 0 Å². The first-order valence-corrected chi connectivity index (χ1v) is 6.98. The Morgan fingerprint density at radius 1 is 0.842 bits per heavy atom. The highest BCUT2D eigenvalue weighted by molar-refractivity contribution is 9.10. The number of nitrogens with zero attached hydrogens (tertiary/aromatic N) is 1. The van der Waals surface area contributed by atoms with Crippen LogP contribution in [-0.2, 0) is 0 Å². The van der Waals surface area contributed by atoms with Crippen molar-refractivity contribution in [3.05, 3.63) is 68.6 Å². The third-order valence-corrected chi connectivity index (χ3v) is 3.60. The summed E-state index contributed by atoms with van der Waals surface area (Å²) in [6.45, 7) is 0. The van der Waals surface area contributed by atoms with Crippen LogP contribution in [0.5, 0.6) is 0 Å². The number of carbonyl (C=O) groups is 1. The number of benzene rings is 2. The minimum Gasteiger partial charge on any atom is -0.410 e.